The fraction of sp³-hybridized carbons (Fsp3) is 0.333. The predicted octanol–water partition coefficient (Wildman–Crippen LogP) is 1.46. The summed E-state index contributed by atoms with van der Waals surface area (Å²) >= 11 is 0. The zero-order valence-electron chi connectivity index (χ0n) is 8.69. The lowest BCUT2D eigenvalue weighted by Crippen LogP contribution is -2.01. The highest BCUT2D eigenvalue weighted by Gasteiger charge is 1.94. The fourth-order valence-corrected chi connectivity index (χ4v) is 0.987. The van der Waals surface area contributed by atoms with Crippen molar-refractivity contribution in [2.45, 2.75) is 6.92 Å². The first-order valence-corrected chi connectivity index (χ1v) is 4.73. The molecule has 1 rings (SSSR count). The van der Waals surface area contributed by atoms with Gasteiger partial charge in [-0.1, -0.05) is 5.92 Å². The van der Waals surface area contributed by atoms with Crippen LogP contribution in [0.2, 0.25) is 0 Å². The van der Waals surface area contributed by atoms with E-state index in [2.05, 4.69) is 11.8 Å². The lowest BCUT2D eigenvalue weighted by Gasteiger charge is -2.05. The normalized spacial score (nSPS) is 8.93. The lowest BCUT2D eigenvalue weighted by molar-refractivity contribution is 0.201. The van der Waals surface area contributed by atoms with Gasteiger partial charge in [-0.15, -0.1) is 5.92 Å². The molecule has 1 aromatic rings. The summed E-state index contributed by atoms with van der Waals surface area (Å²) in [5.41, 5.74) is 0. The van der Waals surface area contributed by atoms with Crippen molar-refractivity contribution in [2.75, 3.05) is 19.8 Å². The third kappa shape index (κ3) is 4.39. The first-order valence-electron chi connectivity index (χ1n) is 4.73. The van der Waals surface area contributed by atoms with Gasteiger partial charge in [-0.3, -0.25) is 0 Å². The topological polar surface area (TPSA) is 38.7 Å². The molecule has 0 aliphatic carbocycles. The van der Waals surface area contributed by atoms with E-state index in [1.54, 1.807) is 19.1 Å². The summed E-state index contributed by atoms with van der Waals surface area (Å²) in [6, 6.07) is 7.21. The zero-order valence-corrected chi connectivity index (χ0v) is 8.69. The fourth-order valence-electron chi connectivity index (χ4n) is 0.987. The summed E-state index contributed by atoms with van der Waals surface area (Å²) in [6.45, 7) is 2.49. The van der Waals surface area contributed by atoms with Crippen LogP contribution in [0, 0.1) is 11.8 Å². The second-order valence-corrected chi connectivity index (χ2v) is 2.76. The van der Waals surface area contributed by atoms with E-state index >= 15 is 0 Å². The van der Waals surface area contributed by atoms with E-state index in [1.807, 2.05) is 12.1 Å². The Labute approximate surface area is 89.6 Å². The van der Waals surface area contributed by atoms with Gasteiger partial charge >= 0.3 is 0 Å². The zero-order chi connectivity index (χ0) is 10.9. The van der Waals surface area contributed by atoms with E-state index < -0.39 is 0 Å². The standard InChI is InChI=1S/C12H14O3/c1-2-3-9-14-11-4-6-12(7-5-11)15-10-8-13/h4-7,13H,8-10H2,1H3. The van der Waals surface area contributed by atoms with Crippen molar-refractivity contribution in [3.63, 3.8) is 0 Å². The largest absolute Gasteiger partial charge is 0.491 e. The Balaban J connectivity index is 2.43. The molecule has 15 heavy (non-hydrogen) atoms. The minimum atomic E-state index is 0.0182. The van der Waals surface area contributed by atoms with Crippen LogP contribution >= 0.6 is 0 Å². The molecule has 3 nitrogen and oxygen atoms in total. The van der Waals surface area contributed by atoms with E-state index in [4.69, 9.17) is 14.6 Å². The number of benzene rings is 1. The Morgan fingerprint density at radius 1 is 1.13 bits per heavy atom. The lowest BCUT2D eigenvalue weighted by atomic mass is 10.3. The number of hydrogen-bond donors (Lipinski definition) is 1. The predicted molar refractivity (Wildman–Crippen MR) is 58.0 cm³/mol. The molecule has 0 radical (unpaired) electrons. The second-order valence-electron chi connectivity index (χ2n) is 2.76. The molecule has 0 saturated carbocycles. The Bertz CT molecular complexity index is 332. The molecule has 0 amide bonds. The van der Waals surface area contributed by atoms with Crippen molar-refractivity contribution in [2.24, 2.45) is 0 Å². The summed E-state index contributed by atoms with van der Waals surface area (Å²) in [5.74, 6) is 7.04. The van der Waals surface area contributed by atoms with Crippen LogP contribution in [0.25, 0.3) is 0 Å². The molecule has 0 spiro atoms. The number of hydrogen-bond acceptors (Lipinski definition) is 3. The van der Waals surface area contributed by atoms with Crippen LogP contribution < -0.4 is 9.47 Å². The van der Waals surface area contributed by atoms with Crippen molar-refractivity contribution in [3.8, 4) is 23.3 Å². The molecule has 80 valence electrons. The minimum absolute atomic E-state index is 0.0182. The van der Waals surface area contributed by atoms with E-state index in [0.717, 1.165) is 11.5 Å². The van der Waals surface area contributed by atoms with Gasteiger partial charge in [-0.2, -0.15) is 0 Å². The molecule has 1 aromatic carbocycles. The maximum absolute atomic E-state index is 8.56. The van der Waals surface area contributed by atoms with Gasteiger partial charge in [0.1, 0.15) is 24.7 Å². The van der Waals surface area contributed by atoms with Crippen LogP contribution in [-0.4, -0.2) is 24.9 Å². The Kier molecular flexibility index (Phi) is 5.13. The van der Waals surface area contributed by atoms with E-state index in [9.17, 15) is 0 Å². The second kappa shape index (κ2) is 6.74. The first kappa shape index (κ1) is 11.4. The smallest absolute Gasteiger partial charge is 0.149 e. The van der Waals surface area contributed by atoms with Crippen molar-refractivity contribution in [1.29, 1.82) is 0 Å². The van der Waals surface area contributed by atoms with Crippen molar-refractivity contribution < 1.29 is 14.6 Å². The number of aliphatic hydroxyl groups is 1. The highest BCUT2D eigenvalue weighted by atomic mass is 16.5. The monoisotopic (exact) mass is 206 g/mol. The molecular formula is C12H14O3. The quantitative estimate of drug-likeness (QED) is 0.741. The maximum Gasteiger partial charge on any atom is 0.149 e. The average molecular weight is 206 g/mol. The molecule has 0 aliphatic heterocycles. The van der Waals surface area contributed by atoms with Crippen LogP contribution in [0.15, 0.2) is 24.3 Å². The van der Waals surface area contributed by atoms with Gasteiger partial charge in [0.15, 0.2) is 0 Å². The Morgan fingerprint density at radius 3 is 2.27 bits per heavy atom. The molecule has 0 atom stereocenters. The Hall–Kier alpha value is -1.66. The van der Waals surface area contributed by atoms with Gasteiger partial charge < -0.3 is 14.6 Å². The van der Waals surface area contributed by atoms with Gasteiger partial charge in [0.25, 0.3) is 0 Å². The SMILES string of the molecule is CC#CCOc1ccc(OCCO)cc1. The van der Waals surface area contributed by atoms with Crippen molar-refractivity contribution >= 4 is 0 Å². The van der Waals surface area contributed by atoms with Gasteiger partial charge in [0.2, 0.25) is 0 Å². The van der Waals surface area contributed by atoms with E-state index in [-0.39, 0.29) is 6.61 Å². The van der Waals surface area contributed by atoms with Crippen molar-refractivity contribution in [3.05, 3.63) is 24.3 Å². The number of ether oxygens (including phenoxy) is 2. The first-order chi connectivity index (χ1) is 7.36. The van der Waals surface area contributed by atoms with Gasteiger partial charge in [0.05, 0.1) is 6.61 Å². The third-order valence-corrected chi connectivity index (χ3v) is 1.67. The van der Waals surface area contributed by atoms with Crippen LogP contribution in [0.5, 0.6) is 11.5 Å². The van der Waals surface area contributed by atoms with Gasteiger partial charge in [-0.05, 0) is 31.2 Å². The molecule has 0 bridgehead atoms. The van der Waals surface area contributed by atoms with Gasteiger partial charge in [-0.25, -0.2) is 0 Å². The van der Waals surface area contributed by atoms with Crippen LogP contribution in [-0.2, 0) is 0 Å². The molecule has 3 heteroatoms. The third-order valence-electron chi connectivity index (χ3n) is 1.67. The van der Waals surface area contributed by atoms with Gasteiger partial charge in [0, 0.05) is 0 Å². The number of aliphatic hydroxyl groups excluding tert-OH is 1. The summed E-state index contributed by atoms with van der Waals surface area (Å²) in [6.07, 6.45) is 0. The highest BCUT2D eigenvalue weighted by Crippen LogP contribution is 2.17. The molecule has 0 aliphatic rings. The highest BCUT2D eigenvalue weighted by molar-refractivity contribution is 5.31. The van der Waals surface area contributed by atoms with Crippen LogP contribution in [0.4, 0.5) is 0 Å². The van der Waals surface area contributed by atoms with Crippen LogP contribution in [0.3, 0.4) is 0 Å². The molecular weight excluding hydrogens is 192 g/mol. The van der Waals surface area contributed by atoms with Crippen LogP contribution in [0.1, 0.15) is 6.92 Å². The average Bonchev–Trinajstić information content (AvgIpc) is 2.28. The number of rotatable bonds is 5. The Morgan fingerprint density at radius 2 is 1.73 bits per heavy atom. The summed E-state index contributed by atoms with van der Waals surface area (Å²) in [7, 11) is 0. The molecule has 1 N–H and O–H groups in total. The van der Waals surface area contributed by atoms with Crippen molar-refractivity contribution in [1.82, 2.24) is 0 Å². The summed E-state index contributed by atoms with van der Waals surface area (Å²) in [5, 5.41) is 8.56. The molecule has 0 aromatic heterocycles. The molecule has 0 unspecified atom stereocenters. The van der Waals surface area contributed by atoms with E-state index in [0.29, 0.717) is 13.2 Å². The minimum Gasteiger partial charge on any atom is -0.491 e. The summed E-state index contributed by atoms with van der Waals surface area (Å²) < 4.78 is 10.5. The molecule has 0 heterocycles. The summed E-state index contributed by atoms with van der Waals surface area (Å²) in [4.78, 5) is 0. The molecule has 0 fully saturated rings. The van der Waals surface area contributed by atoms with E-state index in [1.165, 1.54) is 0 Å². The maximum atomic E-state index is 8.56. The molecule has 0 saturated heterocycles.